The normalized spacial score (nSPS) is 18.8. The first kappa shape index (κ1) is 16.5. The summed E-state index contributed by atoms with van der Waals surface area (Å²) in [5.74, 6) is 0.937. The van der Waals surface area contributed by atoms with Crippen LogP contribution in [0.4, 0.5) is 5.69 Å². The Labute approximate surface area is 158 Å². The van der Waals surface area contributed by atoms with E-state index in [0.717, 1.165) is 55.1 Å². The van der Waals surface area contributed by atoms with Crippen LogP contribution >= 0.6 is 0 Å². The molecule has 5 rings (SSSR count). The minimum atomic E-state index is 0.338. The Morgan fingerprint density at radius 3 is 2.74 bits per heavy atom. The van der Waals surface area contributed by atoms with Gasteiger partial charge in [-0.15, -0.1) is 10.2 Å². The van der Waals surface area contributed by atoms with Gasteiger partial charge in [-0.25, -0.2) is 0 Å². The summed E-state index contributed by atoms with van der Waals surface area (Å²) in [5, 5.41) is 26.2. The number of rotatable bonds is 5. The molecule has 3 heterocycles. The number of likely N-dealkylation sites (tertiary alicyclic amines) is 1. The van der Waals surface area contributed by atoms with Crippen molar-refractivity contribution in [2.24, 2.45) is 0 Å². The summed E-state index contributed by atoms with van der Waals surface area (Å²) in [5.41, 5.74) is 4.17. The number of fused-ring (bicyclic) bond motifs is 1. The third-order valence-corrected chi connectivity index (χ3v) is 5.55. The summed E-state index contributed by atoms with van der Waals surface area (Å²) in [6.45, 7) is 2.96. The summed E-state index contributed by atoms with van der Waals surface area (Å²) < 4.78 is 1.80. The van der Waals surface area contributed by atoms with Gasteiger partial charge in [0.2, 0.25) is 5.65 Å². The summed E-state index contributed by atoms with van der Waals surface area (Å²) in [6, 6.07) is 10.1. The summed E-state index contributed by atoms with van der Waals surface area (Å²) in [4.78, 5) is 2.45. The van der Waals surface area contributed by atoms with E-state index in [9.17, 15) is 5.11 Å². The summed E-state index contributed by atoms with van der Waals surface area (Å²) in [6.07, 6.45) is 6.31. The van der Waals surface area contributed by atoms with Crippen molar-refractivity contribution >= 4 is 11.3 Å². The van der Waals surface area contributed by atoms with Gasteiger partial charge in [-0.1, -0.05) is 12.1 Å². The highest BCUT2D eigenvalue weighted by Crippen LogP contribution is 2.40. The van der Waals surface area contributed by atoms with E-state index in [1.807, 2.05) is 12.1 Å². The molecule has 2 aliphatic rings. The number of nitrogens with one attached hydrogen (secondary N) is 1. The van der Waals surface area contributed by atoms with Gasteiger partial charge >= 0.3 is 0 Å². The van der Waals surface area contributed by atoms with E-state index in [4.69, 9.17) is 0 Å². The van der Waals surface area contributed by atoms with Gasteiger partial charge < -0.3 is 10.4 Å². The molecular formula is C20H24N6O. The van der Waals surface area contributed by atoms with E-state index >= 15 is 0 Å². The molecule has 2 N–H and O–H groups in total. The highest BCUT2D eigenvalue weighted by atomic mass is 16.3. The second-order valence-corrected chi connectivity index (χ2v) is 7.72. The van der Waals surface area contributed by atoms with Crippen LogP contribution in [0, 0.1) is 0 Å². The number of aromatic hydroxyl groups is 1. The zero-order valence-electron chi connectivity index (χ0n) is 15.3. The fraction of sp³-hybridized carbons (Fsp3) is 0.450. The third-order valence-electron chi connectivity index (χ3n) is 5.55. The van der Waals surface area contributed by atoms with Crippen LogP contribution in [0.15, 0.2) is 36.7 Å². The smallest absolute Gasteiger partial charge is 0.200 e. The first-order valence-corrected chi connectivity index (χ1v) is 9.72. The topological polar surface area (TPSA) is 78.6 Å². The average molecular weight is 364 g/mol. The van der Waals surface area contributed by atoms with E-state index in [2.05, 4.69) is 37.6 Å². The monoisotopic (exact) mass is 364 g/mol. The van der Waals surface area contributed by atoms with Crippen LogP contribution in [0.25, 0.3) is 5.65 Å². The number of phenolic OH excluding ortho intramolecular Hbond substituents is 1. The number of hydrogen-bond donors (Lipinski definition) is 2. The van der Waals surface area contributed by atoms with Crippen LogP contribution in [0.1, 0.15) is 42.9 Å². The van der Waals surface area contributed by atoms with Gasteiger partial charge in [0, 0.05) is 31.6 Å². The molecule has 1 aliphatic carbocycles. The predicted octanol–water partition coefficient (Wildman–Crippen LogP) is 2.78. The maximum absolute atomic E-state index is 9.64. The Bertz CT molecular complexity index is 943. The number of nitrogens with zero attached hydrogens (tertiary/aromatic N) is 5. The zero-order chi connectivity index (χ0) is 18.2. The maximum atomic E-state index is 9.64. The molecule has 1 saturated carbocycles. The van der Waals surface area contributed by atoms with Crippen molar-refractivity contribution in [3.05, 3.63) is 47.9 Å². The van der Waals surface area contributed by atoms with Gasteiger partial charge in [0.1, 0.15) is 12.1 Å². The van der Waals surface area contributed by atoms with Crippen molar-refractivity contribution in [1.82, 2.24) is 24.7 Å². The fourth-order valence-electron chi connectivity index (χ4n) is 3.90. The molecule has 2 fully saturated rings. The largest absolute Gasteiger partial charge is 0.508 e. The van der Waals surface area contributed by atoms with Crippen LogP contribution in [-0.4, -0.2) is 48.9 Å². The number of hydrogen-bond acceptors (Lipinski definition) is 6. The minimum absolute atomic E-state index is 0.338. The van der Waals surface area contributed by atoms with Gasteiger partial charge in [-0.2, -0.15) is 9.61 Å². The Morgan fingerprint density at radius 2 is 1.96 bits per heavy atom. The van der Waals surface area contributed by atoms with Gasteiger partial charge in [0.05, 0.1) is 11.4 Å². The number of piperidine rings is 1. The SMILES string of the molecule is Oc1cccc(CN2CCC(Nc3cc(C4CC4)nn4cnnc34)CC2)c1. The van der Waals surface area contributed by atoms with Crippen LogP contribution in [0.5, 0.6) is 5.75 Å². The molecule has 3 aromatic rings. The highest BCUT2D eigenvalue weighted by Gasteiger charge is 2.27. The fourth-order valence-corrected chi connectivity index (χ4v) is 3.90. The molecule has 2 aromatic heterocycles. The van der Waals surface area contributed by atoms with Crippen LogP contribution < -0.4 is 5.32 Å². The standard InChI is InChI=1S/C20H24N6O/c27-17-3-1-2-14(10-17)12-25-8-6-16(7-9-25)22-19-11-18(15-4-5-15)24-26-13-21-23-20(19)26/h1-3,10-11,13,15-16,22,27H,4-9,12H2. The number of benzene rings is 1. The second kappa shape index (κ2) is 6.81. The Morgan fingerprint density at radius 1 is 1.11 bits per heavy atom. The molecule has 7 nitrogen and oxygen atoms in total. The maximum Gasteiger partial charge on any atom is 0.200 e. The van der Waals surface area contributed by atoms with Crippen molar-refractivity contribution in [3.63, 3.8) is 0 Å². The lowest BCUT2D eigenvalue weighted by atomic mass is 10.0. The average Bonchev–Trinajstić information content (AvgIpc) is 3.41. The Kier molecular flexibility index (Phi) is 4.16. The summed E-state index contributed by atoms with van der Waals surface area (Å²) in [7, 11) is 0. The molecular weight excluding hydrogens is 340 g/mol. The number of aromatic nitrogens is 4. The molecule has 0 bridgehead atoms. The van der Waals surface area contributed by atoms with E-state index in [0.29, 0.717) is 17.7 Å². The van der Waals surface area contributed by atoms with Crippen LogP contribution in [-0.2, 0) is 6.54 Å². The lowest BCUT2D eigenvalue weighted by Crippen LogP contribution is -2.38. The molecule has 0 radical (unpaired) electrons. The van der Waals surface area contributed by atoms with Crippen molar-refractivity contribution in [2.45, 2.75) is 44.2 Å². The van der Waals surface area contributed by atoms with Crippen molar-refractivity contribution in [3.8, 4) is 5.75 Å². The molecule has 0 unspecified atom stereocenters. The van der Waals surface area contributed by atoms with E-state index in [-0.39, 0.29) is 0 Å². The van der Waals surface area contributed by atoms with Crippen LogP contribution in [0.3, 0.4) is 0 Å². The zero-order valence-corrected chi connectivity index (χ0v) is 15.3. The molecule has 0 spiro atoms. The first-order chi connectivity index (χ1) is 13.2. The minimum Gasteiger partial charge on any atom is -0.508 e. The number of anilines is 1. The molecule has 0 amide bonds. The van der Waals surface area contributed by atoms with Crippen molar-refractivity contribution in [2.75, 3.05) is 18.4 Å². The lowest BCUT2D eigenvalue weighted by molar-refractivity contribution is 0.211. The van der Waals surface area contributed by atoms with Gasteiger partial charge in [-0.05, 0) is 49.4 Å². The van der Waals surface area contributed by atoms with Gasteiger partial charge in [-0.3, -0.25) is 4.90 Å². The quantitative estimate of drug-likeness (QED) is 0.725. The van der Waals surface area contributed by atoms with Crippen molar-refractivity contribution in [1.29, 1.82) is 0 Å². The first-order valence-electron chi connectivity index (χ1n) is 9.72. The van der Waals surface area contributed by atoms with E-state index in [1.165, 1.54) is 12.8 Å². The van der Waals surface area contributed by atoms with E-state index in [1.54, 1.807) is 16.9 Å². The van der Waals surface area contributed by atoms with E-state index < -0.39 is 0 Å². The highest BCUT2D eigenvalue weighted by molar-refractivity contribution is 5.67. The lowest BCUT2D eigenvalue weighted by Gasteiger charge is -2.33. The molecule has 140 valence electrons. The molecule has 1 aromatic carbocycles. The number of phenols is 1. The Hall–Kier alpha value is -2.67. The molecule has 0 atom stereocenters. The Balaban J connectivity index is 1.24. The molecule has 7 heteroatoms. The van der Waals surface area contributed by atoms with Crippen LogP contribution in [0.2, 0.25) is 0 Å². The molecule has 1 saturated heterocycles. The molecule has 27 heavy (non-hydrogen) atoms. The van der Waals surface area contributed by atoms with Gasteiger partial charge in [0.25, 0.3) is 0 Å². The summed E-state index contributed by atoms with van der Waals surface area (Å²) >= 11 is 0. The predicted molar refractivity (Wildman–Crippen MR) is 103 cm³/mol. The van der Waals surface area contributed by atoms with Crippen molar-refractivity contribution < 1.29 is 5.11 Å². The van der Waals surface area contributed by atoms with Gasteiger partial charge in [0.15, 0.2) is 0 Å². The molecule has 1 aliphatic heterocycles. The second-order valence-electron chi connectivity index (χ2n) is 7.72. The third kappa shape index (κ3) is 3.60.